The van der Waals surface area contributed by atoms with Gasteiger partial charge in [-0.1, -0.05) is 28.9 Å². The first-order chi connectivity index (χ1) is 11.7. The van der Waals surface area contributed by atoms with Crippen LogP contribution >= 0.6 is 11.6 Å². The number of halogens is 1. The zero-order valence-corrected chi connectivity index (χ0v) is 12.8. The number of rotatable bonds is 3. The van der Waals surface area contributed by atoms with E-state index in [1.54, 1.807) is 30.3 Å². The number of hydrogen-bond donors (Lipinski definition) is 2. The highest BCUT2D eigenvalue weighted by molar-refractivity contribution is 6.31. The third-order valence-corrected chi connectivity index (χ3v) is 3.66. The van der Waals surface area contributed by atoms with Gasteiger partial charge < -0.3 is 9.84 Å². The van der Waals surface area contributed by atoms with Crippen molar-refractivity contribution in [2.75, 3.05) is 5.32 Å². The van der Waals surface area contributed by atoms with Gasteiger partial charge in [0.15, 0.2) is 17.1 Å². The number of fused-ring (bicyclic) bond motifs is 1. The Kier molecular flexibility index (Phi) is 3.43. The maximum atomic E-state index is 12.6. The summed E-state index contributed by atoms with van der Waals surface area (Å²) in [7, 11) is 0. The molecule has 24 heavy (non-hydrogen) atoms. The van der Waals surface area contributed by atoms with Gasteiger partial charge in [0, 0.05) is 10.6 Å². The van der Waals surface area contributed by atoms with E-state index in [1.165, 1.54) is 0 Å². The molecule has 118 valence electrons. The van der Waals surface area contributed by atoms with Crippen molar-refractivity contribution in [3.63, 3.8) is 0 Å². The monoisotopic (exact) mass is 340 g/mol. The molecule has 0 unspecified atom stereocenters. The Morgan fingerprint density at radius 3 is 2.92 bits per heavy atom. The second-order valence-electron chi connectivity index (χ2n) is 4.92. The molecule has 0 fully saturated rings. The Labute approximate surface area is 139 Å². The number of aromatic amines is 1. The minimum absolute atomic E-state index is 0.196. The van der Waals surface area contributed by atoms with Gasteiger partial charge in [-0.3, -0.25) is 4.79 Å². The van der Waals surface area contributed by atoms with E-state index in [9.17, 15) is 4.79 Å². The maximum absolute atomic E-state index is 12.6. The average Bonchev–Trinajstić information content (AvgIpc) is 3.25. The lowest BCUT2D eigenvalue weighted by molar-refractivity contribution is 0.102. The lowest BCUT2D eigenvalue weighted by Crippen LogP contribution is -2.13. The van der Waals surface area contributed by atoms with Gasteiger partial charge in [-0.2, -0.15) is 0 Å². The van der Waals surface area contributed by atoms with Gasteiger partial charge in [-0.05, 0) is 40.8 Å². The highest BCUT2D eigenvalue weighted by atomic mass is 35.5. The van der Waals surface area contributed by atoms with E-state index in [2.05, 4.69) is 31.1 Å². The first-order valence-corrected chi connectivity index (χ1v) is 7.29. The summed E-state index contributed by atoms with van der Waals surface area (Å²) in [4.78, 5) is 12.6. The van der Waals surface area contributed by atoms with Crippen LogP contribution in [0.15, 0.2) is 47.0 Å². The first-order valence-electron chi connectivity index (χ1n) is 6.92. The van der Waals surface area contributed by atoms with Crippen molar-refractivity contribution in [2.24, 2.45) is 0 Å². The lowest BCUT2D eigenvalue weighted by atomic mass is 10.1. The lowest BCUT2D eigenvalue weighted by Gasteiger charge is -2.08. The number of aromatic nitrogens is 5. The van der Waals surface area contributed by atoms with Crippen molar-refractivity contribution in [2.45, 2.75) is 0 Å². The highest BCUT2D eigenvalue weighted by Gasteiger charge is 2.18. The van der Waals surface area contributed by atoms with Crippen LogP contribution in [-0.4, -0.2) is 31.7 Å². The van der Waals surface area contributed by atoms with Gasteiger partial charge in [-0.15, -0.1) is 5.10 Å². The van der Waals surface area contributed by atoms with E-state index >= 15 is 0 Å². The van der Waals surface area contributed by atoms with Crippen molar-refractivity contribution in [1.29, 1.82) is 0 Å². The summed E-state index contributed by atoms with van der Waals surface area (Å²) in [6, 6.07) is 12.1. The van der Waals surface area contributed by atoms with Crippen molar-refractivity contribution in [1.82, 2.24) is 25.8 Å². The Morgan fingerprint density at radius 2 is 2.08 bits per heavy atom. The average molecular weight is 341 g/mol. The normalized spacial score (nSPS) is 10.9. The number of para-hydroxylation sites is 1. The molecule has 4 aromatic rings. The molecule has 0 saturated carbocycles. The molecule has 4 rings (SSSR count). The maximum Gasteiger partial charge on any atom is 0.278 e. The molecule has 0 aliphatic heterocycles. The number of benzene rings is 2. The van der Waals surface area contributed by atoms with Crippen LogP contribution < -0.4 is 5.32 Å². The third kappa shape index (κ3) is 2.48. The van der Waals surface area contributed by atoms with E-state index in [0.717, 1.165) is 0 Å². The quantitative estimate of drug-likeness (QED) is 0.593. The van der Waals surface area contributed by atoms with Crippen LogP contribution in [0.4, 0.5) is 5.69 Å². The molecule has 0 aliphatic rings. The van der Waals surface area contributed by atoms with Crippen molar-refractivity contribution in [3.8, 4) is 11.4 Å². The fourth-order valence-electron chi connectivity index (χ4n) is 2.33. The molecule has 8 nitrogen and oxygen atoms in total. The molecule has 0 bridgehead atoms. The van der Waals surface area contributed by atoms with E-state index in [4.69, 9.17) is 16.1 Å². The fourth-order valence-corrected chi connectivity index (χ4v) is 2.50. The molecule has 1 amide bonds. The summed E-state index contributed by atoms with van der Waals surface area (Å²) >= 11 is 6.03. The van der Waals surface area contributed by atoms with E-state index in [0.29, 0.717) is 33.1 Å². The van der Waals surface area contributed by atoms with Gasteiger partial charge in [0.2, 0.25) is 0 Å². The molecule has 0 aliphatic carbocycles. The van der Waals surface area contributed by atoms with Crippen LogP contribution in [-0.2, 0) is 0 Å². The zero-order chi connectivity index (χ0) is 16.5. The first kappa shape index (κ1) is 14.3. The molecule has 2 heterocycles. The number of tetrazole rings is 1. The summed E-state index contributed by atoms with van der Waals surface area (Å²) in [5.74, 6) is -0.0196. The number of carbonyl (C=O) groups excluding carboxylic acids is 1. The standard InChI is InChI=1S/C15H9ClN6O2/c16-8-5-6-11(10(7-8)14-18-21-22-19-14)17-15(23)13-9-3-1-2-4-12(9)24-20-13/h1-7H,(H,17,23)(H,18,19,21,22). The number of nitrogens with one attached hydrogen (secondary N) is 2. The molecule has 0 atom stereocenters. The highest BCUT2D eigenvalue weighted by Crippen LogP contribution is 2.29. The van der Waals surface area contributed by atoms with Gasteiger partial charge in [0.05, 0.1) is 11.1 Å². The van der Waals surface area contributed by atoms with E-state index in [-0.39, 0.29) is 5.69 Å². The molecule has 9 heteroatoms. The van der Waals surface area contributed by atoms with Gasteiger partial charge in [0.25, 0.3) is 5.91 Å². The molecule has 2 aromatic carbocycles. The summed E-state index contributed by atoms with van der Waals surface area (Å²) in [6.07, 6.45) is 0. The smallest absolute Gasteiger partial charge is 0.278 e. The molecule has 0 saturated heterocycles. The predicted octanol–water partition coefficient (Wildman–Crippen LogP) is 2.91. The number of hydrogen-bond acceptors (Lipinski definition) is 6. The second kappa shape index (κ2) is 5.74. The van der Waals surface area contributed by atoms with Crippen LogP contribution in [0.1, 0.15) is 10.5 Å². The van der Waals surface area contributed by atoms with E-state index < -0.39 is 5.91 Å². The number of anilines is 1. The molecular weight excluding hydrogens is 332 g/mol. The second-order valence-corrected chi connectivity index (χ2v) is 5.36. The summed E-state index contributed by atoms with van der Waals surface area (Å²) < 4.78 is 5.16. The zero-order valence-electron chi connectivity index (χ0n) is 12.0. The van der Waals surface area contributed by atoms with Crippen LogP contribution in [0.3, 0.4) is 0 Å². The summed E-state index contributed by atoms with van der Waals surface area (Å²) in [5.41, 5.74) is 1.80. The predicted molar refractivity (Wildman–Crippen MR) is 86.6 cm³/mol. The molecule has 0 spiro atoms. The number of nitrogens with zero attached hydrogens (tertiary/aromatic N) is 4. The van der Waals surface area contributed by atoms with Crippen molar-refractivity contribution in [3.05, 3.63) is 53.2 Å². The fraction of sp³-hybridized carbons (Fsp3) is 0. The van der Waals surface area contributed by atoms with Crippen LogP contribution in [0.5, 0.6) is 0 Å². The number of carbonyl (C=O) groups is 1. The van der Waals surface area contributed by atoms with Gasteiger partial charge in [0.1, 0.15) is 0 Å². The summed E-state index contributed by atoms with van der Waals surface area (Å²) in [5, 5.41) is 21.3. The third-order valence-electron chi connectivity index (χ3n) is 3.42. The molecule has 2 aromatic heterocycles. The Hall–Kier alpha value is -3.26. The van der Waals surface area contributed by atoms with E-state index in [1.807, 2.05) is 12.1 Å². The van der Waals surface area contributed by atoms with Crippen molar-refractivity contribution < 1.29 is 9.32 Å². The molecular formula is C15H9ClN6O2. The minimum atomic E-state index is -0.406. The van der Waals surface area contributed by atoms with Gasteiger partial charge in [-0.25, -0.2) is 5.10 Å². The Balaban J connectivity index is 1.72. The molecule has 2 N–H and O–H groups in total. The SMILES string of the molecule is O=C(Nc1ccc(Cl)cc1-c1nnn[nH]1)c1noc2ccccc12. The number of amides is 1. The van der Waals surface area contributed by atoms with Crippen LogP contribution in [0.2, 0.25) is 5.02 Å². The minimum Gasteiger partial charge on any atom is -0.355 e. The van der Waals surface area contributed by atoms with Crippen LogP contribution in [0.25, 0.3) is 22.4 Å². The van der Waals surface area contributed by atoms with Crippen molar-refractivity contribution >= 4 is 34.2 Å². The van der Waals surface area contributed by atoms with Crippen LogP contribution in [0, 0.1) is 0 Å². The Bertz CT molecular complexity index is 1030. The largest absolute Gasteiger partial charge is 0.355 e. The van der Waals surface area contributed by atoms with Gasteiger partial charge >= 0.3 is 0 Å². The topological polar surface area (TPSA) is 110 Å². The molecule has 0 radical (unpaired) electrons. The number of H-pyrrole nitrogens is 1. The Morgan fingerprint density at radius 1 is 1.21 bits per heavy atom. The summed E-state index contributed by atoms with van der Waals surface area (Å²) in [6.45, 7) is 0.